The van der Waals surface area contributed by atoms with Gasteiger partial charge < -0.3 is 16.0 Å². The molecule has 1 amide bonds. The fourth-order valence-electron chi connectivity index (χ4n) is 2.49. The van der Waals surface area contributed by atoms with Crippen molar-refractivity contribution in [1.29, 1.82) is 0 Å². The van der Waals surface area contributed by atoms with Crippen LogP contribution in [0, 0.1) is 5.92 Å². The van der Waals surface area contributed by atoms with Gasteiger partial charge in [0, 0.05) is 25.8 Å². The Morgan fingerprint density at radius 2 is 2.28 bits per heavy atom. The van der Waals surface area contributed by atoms with Crippen LogP contribution in [0.1, 0.15) is 23.8 Å². The smallest absolute Gasteiger partial charge is 0.274 e. The standard InChI is InChI=1S/C12H21N5O/c1-8-6-16(2)5-4-10(8)14-12(18)11-9(13)7-17(3)15-11/h7-8,10H,4-6,13H2,1-3H3,(H,14,18). The van der Waals surface area contributed by atoms with E-state index in [0.717, 1.165) is 19.5 Å². The van der Waals surface area contributed by atoms with E-state index in [-0.39, 0.29) is 11.9 Å². The highest BCUT2D eigenvalue weighted by Gasteiger charge is 2.27. The summed E-state index contributed by atoms with van der Waals surface area (Å²) in [6.07, 6.45) is 2.61. The van der Waals surface area contributed by atoms with Crippen molar-refractivity contribution in [1.82, 2.24) is 20.0 Å². The van der Waals surface area contributed by atoms with Gasteiger partial charge in [-0.15, -0.1) is 0 Å². The minimum absolute atomic E-state index is 0.172. The van der Waals surface area contributed by atoms with Gasteiger partial charge in [-0.3, -0.25) is 9.48 Å². The molecule has 1 aliphatic rings. The summed E-state index contributed by atoms with van der Waals surface area (Å²) in [6, 6.07) is 0.204. The predicted molar refractivity (Wildman–Crippen MR) is 70.2 cm³/mol. The highest BCUT2D eigenvalue weighted by molar-refractivity contribution is 5.97. The summed E-state index contributed by atoms with van der Waals surface area (Å²) >= 11 is 0. The van der Waals surface area contributed by atoms with Crippen molar-refractivity contribution in [3.8, 4) is 0 Å². The lowest BCUT2D eigenvalue weighted by molar-refractivity contribution is 0.0879. The number of likely N-dealkylation sites (tertiary alicyclic amines) is 1. The quantitative estimate of drug-likeness (QED) is 0.780. The van der Waals surface area contributed by atoms with E-state index < -0.39 is 0 Å². The largest absolute Gasteiger partial charge is 0.396 e. The molecule has 3 N–H and O–H groups in total. The number of hydrogen-bond acceptors (Lipinski definition) is 4. The second-order valence-corrected chi connectivity index (χ2v) is 5.21. The molecule has 0 aliphatic carbocycles. The minimum atomic E-state index is -0.172. The highest BCUT2D eigenvalue weighted by Crippen LogP contribution is 2.16. The van der Waals surface area contributed by atoms with E-state index in [9.17, 15) is 4.79 Å². The first-order valence-corrected chi connectivity index (χ1v) is 6.26. The van der Waals surface area contributed by atoms with Crippen molar-refractivity contribution in [2.24, 2.45) is 13.0 Å². The molecular weight excluding hydrogens is 230 g/mol. The van der Waals surface area contributed by atoms with Gasteiger partial charge in [-0.2, -0.15) is 5.10 Å². The van der Waals surface area contributed by atoms with Crippen LogP contribution in [0.15, 0.2) is 6.20 Å². The van der Waals surface area contributed by atoms with Gasteiger partial charge in [-0.05, 0) is 25.9 Å². The van der Waals surface area contributed by atoms with Crippen molar-refractivity contribution in [3.63, 3.8) is 0 Å². The lowest BCUT2D eigenvalue weighted by Gasteiger charge is -2.35. The number of aromatic nitrogens is 2. The molecular formula is C12H21N5O. The van der Waals surface area contributed by atoms with Crippen LogP contribution in [0.3, 0.4) is 0 Å². The summed E-state index contributed by atoms with van der Waals surface area (Å²) in [4.78, 5) is 14.4. The number of nitrogen functional groups attached to an aromatic ring is 1. The van der Waals surface area contributed by atoms with Crippen LogP contribution in [-0.4, -0.2) is 46.8 Å². The Morgan fingerprint density at radius 1 is 1.56 bits per heavy atom. The molecule has 2 heterocycles. The molecule has 1 aromatic rings. The summed E-state index contributed by atoms with van der Waals surface area (Å²) in [5.74, 6) is 0.270. The number of nitrogens with zero attached hydrogens (tertiary/aromatic N) is 3. The molecule has 0 aromatic carbocycles. The summed E-state index contributed by atoms with van der Waals surface area (Å²) in [6.45, 7) is 4.16. The fraction of sp³-hybridized carbons (Fsp3) is 0.667. The zero-order chi connectivity index (χ0) is 13.3. The number of amides is 1. The molecule has 18 heavy (non-hydrogen) atoms. The molecule has 0 radical (unpaired) electrons. The molecule has 0 bridgehead atoms. The Balaban J connectivity index is 2.01. The SMILES string of the molecule is CC1CN(C)CCC1NC(=O)c1nn(C)cc1N. The average Bonchev–Trinajstić information content (AvgIpc) is 2.62. The van der Waals surface area contributed by atoms with Crippen molar-refractivity contribution in [2.75, 3.05) is 25.9 Å². The Labute approximate surface area is 107 Å². The van der Waals surface area contributed by atoms with Crippen LogP contribution < -0.4 is 11.1 Å². The predicted octanol–water partition coefficient (Wildman–Crippen LogP) is 0.0723. The Bertz CT molecular complexity index is 442. The Kier molecular flexibility index (Phi) is 3.56. The maximum absolute atomic E-state index is 12.1. The second kappa shape index (κ2) is 4.97. The number of nitrogens with two attached hydrogens (primary N) is 1. The summed E-state index contributed by atoms with van der Waals surface area (Å²) in [5.41, 5.74) is 6.50. The molecule has 0 spiro atoms. The monoisotopic (exact) mass is 251 g/mol. The third-order valence-electron chi connectivity index (χ3n) is 3.50. The highest BCUT2D eigenvalue weighted by atomic mass is 16.2. The van der Waals surface area contributed by atoms with Gasteiger partial charge in [0.25, 0.3) is 5.91 Å². The average molecular weight is 251 g/mol. The van der Waals surface area contributed by atoms with E-state index in [0.29, 0.717) is 17.3 Å². The van der Waals surface area contributed by atoms with E-state index >= 15 is 0 Å². The van der Waals surface area contributed by atoms with Crippen LogP contribution in [-0.2, 0) is 7.05 Å². The van der Waals surface area contributed by atoms with Crippen LogP contribution in [0.2, 0.25) is 0 Å². The maximum Gasteiger partial charge on any atom is 0.274 e. The molecule has 0 saturated carbocycles. The van der Waals surface area contributed by atoms with Crippen molar-refractivity contribution >= 4 is 11.6 Å². The van der Waals surface area contributed by atoms with Crippen molar-refractivity contribution in [2.45, 2.75) is 19.4 Å². The van der Waals surface area contributed by atoms with Crippen LogP contribution in [0.5, 0.6) is 0 Å². The maximum atomic E-state index is 12.1. The Morgan fingerprint density at radius 3 is 2.83 bits per heavy atom. The van der Waals surface area contributed by atoms with Gasteiger partial charge in [0.05, 0.1) is 5.69 Å². The Hall–Kier alpha value is -1.56. The second-order valence-electron chi connectivity index (χ2n) is 5.21. The number of hydrogen-bond donors (Lipinski definition) is 2. The topological polar surface area (TPSA) is 76.2 Å². The van der Waals surface area contributed by atoms with Gasteiger partial charge in [0.1, 0.15) is 0 Å². The fourth-order valence-corrected chi connectivity index (χ4v) is 2.49. The van der Waals surface area contributed by atoms with Gasteiger partial charge >= 0.3 is 0 Å². The molecule has 1 aliphatic heterocycles. The lowest BCUT2D eigenvalue weighted by atomic mass is 9.94. The number of carbonyl (C=O) groups is 1. The number of aryl methyl sites for hydroxylation is 1. The third-order valence-corrected chi connectivity index (χ3v) is 3.50. The van der Waals surface area contributed by atoms with Crippen LogP contribution >= 0.6 is 0 Å². The molecule has 100 valence electrons. The molecule has 2 rings (SSSR count). The van der Waals surface area contributed by atoms with Gasteiger partial charge in [-0.25, -0.2) is 0 Å². The molecule has 6 nitrogen and oxygen atoms in total. The zero-order valence-electron chi connectivity index (χ0n) is 11.2. The van der Waals surface area contributed by atoms with Crippen LogP contribution in [0.4, 0.5) is 5.69 Å². The van der Waals surface area contributed by atoms with E-state index in [1.165, 1.54) is 0 Å². The summed E-state index contributed by atoms with van der Waals surface area (Å²) < 4.78 is 1.56. The van der Waals surface area contributed by atoms with E-state index in [4.69, 9.17) is 5.73 Å². The first-order chi connectivity index (χ1) is 8.47. The minimum Gasteiger partial charge on any atom is -0.396 e. The number of rotatable bonds is 2. The van der Waals surface area contributed by atoms with Gasteiger partial charge in [-0.1, -0.05) is 6.92 Å². The molecule has 2 unspecified atom stereocenters. The normalized spacial score (nSPS) is 25.1. The number of piperidine rings is 1. The summed E-state index contributed by atoms with van der Waals surface area (Å²) in [7, 11) is 3.86. The zero-order valence-corrected chi connectivity index (χ0v) is 11.2. The van der Waals surface area contributed by atoms with Gasteiger partial charge in [0.2, 0.25) is 0 Å². The molecule has 1 fully saturated rings. The van der Waals surface area contributed by atoms with E-state index in [1.807, 2.05) is 0 Å². The number of carbonyl (C=O) groups excluding carboxylic acids is 1. The third kappa shape index (κ3) is 2.64. The number of nitrogens with one attached hydrogen (secondary N) is 1. The summed E-state index contributed by atoms with van der Waals surface area (Å²) in [5, 5.41) is 7.12. The molecule has 6 heteroatoms. The van der Waals surface area contributed by atoms with E-state index in [2.05, 4.69) is 29.3 Å². The van der Waals surface area contributed by atoms with E-state index in [1.54, 1.807) is 17.9 Å². The van der Waals surface area contributed by atoms with Crippen molar-refractivity contribution in [3.05, 3.63) is 11.9 Å². The van der Waals surface area contributed by atoms with Gasteiger partial charge in [0.15, 0.2) is 5.69 Å². The van der Waals surface area contributed by atoms with Crippen molar-refractivity contribution < 1.29 is 4.79 Å². The number of anilines is 1. The first kappa shape index (κ1) is 12.9. The lowest BCUT2D eigenvalue weighted by Crippen LogP contribution is -2.49. The molecule has 1 aromatic heterocycles. The van der Waals surface area contributed by atoms with Crippen LogP contribution in [0.25, 0.3) is 0 Å². The molecule has 2 atom stereocenters. The first-order valence-electron chi connectivity index (χ1n) is 6.26. The molecule has 1 saturated heterocycles.